The third-order valence-electron chi connectivity index (χ3n) is 2.83. The Kier molecular flexibility index (Phi) is 10.8. The maximum Gasteiger partial charge on any atom is 0.239 e. The van der Waals surface area contributed by atoms with Gasteiger partial charge in [0.05, 0.1) is 6.04 Å². The summed E-state index contributed by atoms with van der Waals surface area (Å²) in [6, 6.07) is -0.309. The Morgan fingerprint density at radius 3 is 2.18 bits per heavy atom. The summed E-state index contributed by atoms with van der Waals surface area (Å²) in [5.74, 6) is 1.10. The van der Waals surface area contributed by atoms with Gasteiger partial charge in [0.1, 0.15) is 0 Å². The zero-order valence-electron chi connectivity index (χ0n) is 11.6. The maximum absolute atomic E-state index is 12.2. The highest BCUT2D eigenvalue weighted by Gasteiger charge is 2.19. The lowest BCUT2D eigenvalue weighted by Crippen LogP contribution is -2.44. The molecule has 0 aromatic rings. The third kappa shape index (κ3) is 7.66. The molecular weight excluding hydrogens is 232 g/mol. The first kappa shape index (κ1) is 16.8. The van der Waals surface area contributed by atoms with Crippen LogP contribution in [0.2, 0.25) is 0 Å². The van der Waals surface area contributed by atoms with Gasteiger partial charge in [-0.15, -0.1) is 0 Å². The monoisotopic (exact) mass is 260 g/mol. The number of unbranched alkanes of at least 4 members (excludes halogenated alkanes) is 2. The van der Waals surface area contributed by atoms with Crippen molar-refractivity contribution < 1.29 is 4.79 Å². The number of carbonyl (C=O) groups excluding carboxylic acids is 1. The Balaban J connectivity index is 4.18. The lowest BCUT2D eigenvalue weighted by molar-refractivity contribution is -0.132. The fourth-order valence-electron chi connectivity index (χ4n) is 1.63. The molecule has 17 heavy (non-hydrogen) atoms. The largest absolute Gasteiger partial charge is 0.341 e. The van der Waals surface area contributed by atoms with Crippen LogP contribution in [0.3, 0.4) is 0 Å². The molecule has 0 saturated carbocycles. The quantitative estimate of drug-likeness (QED) is 0.656. The van der Waals surface area contributed by atoms with Crippen molar-refractivity contribution in [2.75, 3.05) is 25.1 Å². The van der Waals surface area contributed by atoms with Crippen LogP contribution in [0.1, 0.15) is 46.0 Å². The van der Waals surface area contributed by atoms with E-state index >= 15 is 0 Å². The summed E-state index contributed by atoms with van der Waals surface area (Å²) in [6.07, 6.45) is 7.22. The van der Waals surface area contributed by atoms with Gasteiger partial charge in [-0.25, -0.2) is 0 Å². The number of carbonyl (C=O) groups is 1. The van der Waals surface area contributed by atoms with Gasteiger partial charge < -0.3 is 10.6 Å². The van der Waals surface area contributed by atoms with Crippen molar-refractivity contribution in [1.82, 2.24) is 4.90 Å². The van der Waals surface area contributed by atoms with Gasteiger partial charge in [0.15, 0.2) is 0 Å². The van der Waals surface area contributed by atoms with Crippen LogP contribution in [0.25, 0.3) is 0 Å². The molecule has 0 aliphatic carbocycles. The summed E-state index contributed by atoms with van der Waals surface area (Å²) in [7, 11) is 0. The lowest BCUT2D eigenvalue weighted by Gasteiger charge is -2.25. The van der Waals surface area contributed by atoms with Crippen molar-refractivity contribution in [3.05, 3.63) is 0 Å². The van der Waals surface area contributed by atoms with Crippen LogP contribution in [0.4, 0.5) is 0 Å². The van der Waals surface area contributed by atoms with Crippen LogP contribution in [0.5, 0.6) is 0 Å². The van der Waals surface area contributed by atoms with Crippen LogP contribution in [-0.2, 0) is 4.79 Å². The average Bonchev–Trinajstić information content (AvgIpc) is 2.35. The molecule has 0 aliphatic heterocycles. The van der Waals surface area contributed by atoms with E-state index in [9.17, 15) is 4.79 Å². The molecule has 0 aromatic heterocycles. The summed E-state index contributed by atoms with van der Waals surface area (Å²) in [5, 5.41) is 0. The number of rotatable bonds is 10. The fourth-order valence-corrected chi connectivity index (χ4v) is 2.12. The molecule has 4 heteroatoms. The molecule has 0 fully saturated rings. The van der Waals surface area contributed by atoms with E-state index in [1.54, 1.807) is 11.8 Å². The van der Waals surface area contributed by atoms with Gasteiger partial charge in [-0.3, -0.25) is 4.79 Å². The molecular formula is C13H28N2OS. The Hall–Kier alpha value is -0.220. The number of hydrogen-bond acceptors (Lipinski definition) is 3. The number of hydrogen-bond donors (Lipinski definition) is 1. The molecule has 102 valence electrons. The minimum absolute atomic E-state index is 0.140. The van der Waals surface area contributed by atoms with Crippen molar-refractivity contribution >= 4 is 17.7 Å². The van der Waals surface area contributed by atoms with Crippen LogP contribution in [0.15, 0.2) is 0 Å². The Morgan fingerprint density at radius 1 is 1.24 bits per heavy atom. The molecule has 0 spiro atoms. The first-order valence-electron chi connectivity index (χ1n) is 6.70. The van der Waals surface area contributed by atoms with Gasteiger partial charge in [0, 0.05) is 13.1 Å². The Bertz CT molecular complexity index is 192. The molecule has 0 bridgehead atoms. The second-order valence-electron chi connectivity index (χ2n) is 4.42. The summed E-state index contributed by atoms with van der Waals surface area (Å²) in [4.78, 5) is 14.1. The lowest BCUT2D eigenvalue weighted by atomic mass is 10.2. The highest BCUT2D eigenvalue weighted by molar-refractivity contribution is 7.98. The van der Waals surface area contributed by atoms with Crippen molar-refractivity contribution in [2.24, 2.45) is 5.73 Å². The highest BCUT2D eigenvalue weighted by atomic mass is 32.2. The smallest absolute Gasteiger partial charge is 0.239 e. The van der Waals surface area contributed by atoms with E-state index in [1.165, 1.54) is 0 Å². The molecule has 3 nitrogen and oxygen atoms in total. The van der Waals surface area contributed by atoms with Crippen molar-refractivity contribution in [2.45, 2.75) is 52.0 Å². The van der Waals surface area contributed by atoms with E-state index < -0.39 is 0 Å². The molecule has 0 heterocycles. The third-order valence-corrected chi connectivity index (χ3v) is 3.47. The van der Waals surface area contributed by atoms with Crippen molar-refractivity contribution in [3.8, 4) is 0 Å². The van der Waals surface area contributed by atoms with E-state index in [1.807, 2.05) is 11.2 Å². The fraction of sp³-hybridized carbons (Fsp3) is 0.923. The second kappa shape index (κ2) is 10.9. The first-order chi connectivity index (χ1) is 8.17. The standard InChI is InChI=1S/C13H28N2OS/c1-4-6-9-15(10-7-5-2)13(16)12(14)8-11-17-3/h12H,4-11,14H2,1-3H3. The summed E-state index contributed by atoms with van der Waals surface area (Å²) in [6.45, 7) is 6.02. The molecule has 0 aromatic carbocycles. The predicted octanol–water partition coefficient (Wildman–Crippen LogP) is 2.50. The molecule has 1 amide bonds. The van der Waals surface area contributed by atoms with Crippen LogP contribution in [-0.4, -0.2) is 41.9 Å². The molecule has 0 saturated heterocycles. The predicted molar refractivity (Wildman–Crippen MR) is 77.4 cm³/mol. The Morgan fingerprint density at radius 2 is 1.76 bits per heavy atom. The number of nitrogens with zero attached hydrogens (tertiary/aromatic N) is 1. The van der Waals surface area contributed by atoms with Gasteiger partial charge in [0.2, 0.25) is 5.91 Å². The number of nitrogens with two attached hydrogens (primary N) is 1. The molecule has 1 unspecified atom stereocenters. The summed E-state index contributed by atoms with van der Waals surface area (Å²) < 4.78 is 0. The van der Waals surface area contributed by atoms with Gasteiger partial charge in [-0.2, -0.15) is 11.8 Å². The van der Waals surface area contributed by atoms with Crippen molar-refractivity contribution in [1.29, 1.82) is 0 Å². The first-order valence-corrected chi connectivity index (χ1v) is 8.10. The zero-order valence-corrected chi connectivity index (χ0v) is 12.4. The molecule has 0 aliphatic rings. The normalized spacial score (nSPS) is 12.5. The van der Waals surface area contributed by atoms with Crippen LogP contribution in [0, 0.1) is 0 Å². The topological polar surface area (TPSA) is 46.3 Å². The van der Waals surface area contributed by atoms with Gasteiger partial charge in [-0.1, -0.05) is 26.7 Å². The SMILES string of the molecule is CCCCN(CCCC)C(=O)C(N)CCSC. The second-order valence-corrected chi connectivity index (χ2v) is 5.41. The molecule has 2 N–H and O–H groups in total. The van der Waals surface area contributed by atoms with E-state index in [2.05, 4.69) is 13.8 Å². The Labute approximate surface area is 111 Å². The molecule has 0 radical (unpaired) electrons. The zero-order chi connectivity index (χ0) is 13.1. The number of thioether (sulfide) groups is 1. The number of amides is 1. The molecule has 0 rings (SSSR count). The van der Waals surface area contributed by atoms with Crippen molar-refractivity contribution in [3.63, 3.8) is 0 Å². The van der Waals surface area contributed by atoms with Gasteiger partial charge >= 0.3 is 0 Å². The molecule has 1 atom stereocenters. The summed E-state index contributed by atoms with van der Waals surface area (Å²) >= 11 is 1.74. The average molecular weight is 260 g/mol. The minimum atomic E-state index is -0.309. The minimum Gasteiger partial charge on any atom is -0.341 e. The van der Waals surface area contributed by atoms with E-state index in [4.69, 9.17) is 5.73 Å². The summed E-state index contributed by atoms with van der Waals surface area (Å²) in [5.41, 5.74) is 5.94. The van der Waals surface area contributed by atoms with Gasteiger partial charge in [0.25, 0.3) is 0 Å². The van der Waals surface area contributed by atoms with Gasteiger partial charge in [-0.05, 0) is 31.3 Å². The maximum atomic E-state index is 12.2. The van der Waals surface area contributed by atoms with E-state index in [-0.39, 0.29) is 11.9 Å². The van der Waals surface area contributed by atoms with E-state index in [0.717, 1.165) is 50.9 Å². The highest BCUT2D eigenvalue weighted by Crippen LogP contribution is 2.06. The van der Waals surface area contributed by atoms with Crippen LogP contribution >= 0.6 is 11.8 Å². The van der Waals surface area contributed by atoms with E-state index in [0.29, 0.717) is 0 Å². The van der Waals surface area contributed by atoms with Crippen LogP contribution < -0.4 is 5.73 Å².